The summed E-state index contributed by atoms with van der Waals surface area (Å²) in [6, 6.07) is 2.08. The van der Waals surface area contributed by atoms with Crippen molar-refractivity contribution in [1.82, 2.24) is 0 Å². The fourth-order valence-corrected chi connectivity index (χ4v) is 1.04. The molecule has 0 heterocycles. The molecular weight excluding hydrogens is 215 g/mol. The summed E-state index contributed by atoms with van der Waals surface area (Å²) >= 11 is 9.99. The summed E-state index contributed by atoms with van der Waals surface area (Å²) in [5.74, 6) is -0.998. The summed E-state index contributed by atoms with van der Waals surface area (Å²) < 4.78 is 12.7. The van der Waals surface area contributed by atoms with E-state index in [1.807, 2.05) is 0 Å². The van der Waals surface area contributed by atoms with Crippen molar-refractivity contribution in [3.63, 3.8) is 0 Å². The molecule has 0 saturated carbocycles. The van der Waals surface area contributed by atoms with Gasteiger partial charge in [-0.25, -0.2) is 4.39 Å². The Morgan fingerprint density at radius 2 is 2.23 bits per heavy atom. The number of halogens is 2. The topological polar surface area (TPSA) is 58.3 Å². The van der Waals surface area contributed by atoms with Gasteiger partial charge in [-0.15, -0.1) is 0 Å². The maximum absolute atomic E-state index is 12.7. The van der Waals surface area contributed by atoms with E-state index in [2.05, 4.69) is 17.5 Å². The van der Waals surface area contributed by atoms with Crippen molar-refractivity contribution in [1.29, 1.82) is 0 Å². The highest BCUT2D eigenvalue weighted by atomic mass is 35.5. The van der Waals surface area contributed by atoms with Gasteiger partial charge in [-0.05, 0) is 18.3 Å². The quantitative estimate of drug-likeness (QED) is 0.499. The van der Waals surface area contributed by atoms with Crippen LogP contribution in [0, 0.1) is 5.82 Å². The Balaban J connectivity index is 3.08. The Morgan fingerprint density at radius 3 is 2.77 bits per heavy atom. The second-order valence-corrected chi connectivity index (χ2v) is 3.12. The van der Waals surface area contributed by atoms with Crippen LogP contribution in [0.15, 0.2) is 12.1 Å². The zero-order chi connectivity index (χ0) is 10.0. The highest BCUT2D eigenvalue weighted by Crippen LogP contribution is 2.29. The summed E-state index contributed by atoms with van der Waals surface area (Å²) in [7, 11) is 0. The van der Waals surface area contributed by atoms with Gasteiger partial charge in [0.1, 0.15) is 11.6 Å². The predicted octanol–water partition coefficient (Wildman–Crippen LogP) is 1.84. The number of hydrogen-bond acceptors (Lipinski definition) is 2. The first-order chi connectivity index (χ1) is 6.00. The van der Waals surface area contributed by atoms with Crippen molar-refractivity contribution in [2.75, 3.05) is 5.32 Å². The molecule has 13 heavy (non-hydrogen) atoms. The van der Waals surface area contributed by atoms with E-state index in [1.54, 1.807) is 0 Å². The fourth-order valence-electron chi connectivity index (χ4n) is 0.769. The average molecular weight is 221 g/mol. The van der Waals surface area contributed by atoms with Crippen molar-refractivity contribution < 1.29 is 9.50 Å². The number of aromatic hydroxyl groups is 1. The summed E-state index contributed by atoms with van der Waals surface area (Å²) in [6.07, 6.45) is 0. The van der Waals surface area contributed by atoms with E-state index < -0.39 is 5.82 Å². The number of nitrogens with one attached hydrogen (secondary N) is 1. The maximum atomic E-state index is 12.7. The van der Waals surface area contributed by atoms with E-state index in [0.717, 1.165) is 6.07 Å². The molecule has 0 aliphatic heterocycles. The molecule has 0 radical (unpaired) electrons. The second-order valence-electron chi connectivity index (χ2n) is 2.27. The molecule has 0 amide bonds. The second kappa shape index (κ2) is 3.76. The van der Waals surface area contributed by atoms with Gasteiger partial charge in [0.15, 0.2) is 5.11 Å². The zero-order valence-electron chi connectivity index (χ0n) is 6.34. The number of anilines is 1. The predicted molar refractivity (Wildman–Crippen MR) is 53.5 cm³/mol. The van der Waals surface area contributed by atoms with E-state index >= 15 is 0 Å². The van der Waals surface area contributed by atoms with Gasteiger partial charge in [0.25, 0.3) is 0 Å². The lowest BCUT2D eigenvalue weighted by atomic mass is 10.3. The van der Waals surface area contributed by atoms with Crippen LogP contribution in [0.25, 0.3) is 0 Å². The number of nitrogens with two attached hydrogens (primary N) is 1. The van der Waals surface area contributed by atoms with Crippen molar-refractivity contribution in [2.24, 2.45) is 5.73 Å². The highest BCUT2D eigenvalue weighted by Gasteiger charge is 2.07. The molecule has 0 aliphatic rings. The lowest BCUT2D eigenvalue weighted by Crippen LogP contribution is -2.18. The van der Waals surface area contributed by atoms with Crippen molar-refractivity contribution in [3.05, 3.63) is 23.0 Å². The monoisotopic (exact) mass is 220 g/mol. The van der Waals surface area contributed by atoms with Gasteiger partial charge in [-0.2, -0.15) is 0 Å². The van der Waals surface area contributed by atoms with Crippen molar-refractivity contribution in [3.8, 4) is 5.75 Å². The maximum Gasteiger partial charge on any atom is 0.168 e. The van der Waals surface area contributed by atoms with E-state index in [0.29, 0.717) is 0 Å². The summed E-state index contributed by atoms with van der Waals surface area (Å²) in [5, 5.41) is 11.5. The molecule has 0 spiro atoms. The third-order valence-corrected chi connectivity index (χ3v) is 1.69. The first kappa shape index (κ1) is 10.0. The van der Waals surface area contributed by atoms with Gasteiger partial charge in [-0.1, -0.05) is 11.6 Å². The molecule has 0 aliphatic carbocycles. The largest absolute Gasteiger partial charge is 0.506 e. The molecule has 70 valence electrons. The molecule has 1 rings (SSSR count). The normalized spacial score (nSPS) is 9.69. The number of phenolic OH excluding ortho intramolecular Hbond substituents is 1. The molecule has 0 fully saturated rings. The standard InChI is InChI=1S/C7H6ClFN2OS/c8-3-1-5(11-7(10)13)6(12)2-4(3)9/h1-2,12H,(H3,10,11,13). The van der Waals surface area contributed by atoms with Crippen LogP contribution in [0.2, 0.25) is 5.02 Å². The van der Waals surface area contributed by atoms with Gasteiger partial charge in [0.2, 0.25) is 0 Å². The minimum Gasteiger partial charge on any atom is -0.506 e. The first-order valence-electron chi connectivity index (χ1n) is 3.25. The molecule has 0 bridgehead atoms. The van der Waals surface area contributed by atoms with Crippen LogP contribution in [0.4, 0.5) is 10.1 Å². The van der Waals surface area contributed by atoms with Crippen LogP contribution in [-0.4, -0.2) is 10.2 Å². The zero-order valence-corrected chi connectivity index (χ0v) is 7.92. The SMILES string of the molecule is NC(=S)Nc1cc(Cl)c(F)cc1O. The lowest BCUT2D eigenvalue weighted by Gasteiger charge is -2.06. The summed E-state index contributed by atoms with van der Waals surface area (Å²) in [4.78, 5) is 0. The number of benzene rings is 1. The van der Waals surface area contributed by atoms with Crippen LogP contribution in [0.3, 0.4) is 0 Å². The summed E-state index contributed by atoms with van der Waals surface area (Å²) in [6.45, 7) is 0. The first-order valence-corrected chi connectivity index (χ1v) is 4.04. The Labute approximate surface area is 84.3 Å². The van der Waals surface area contributed by atoms with E-state index in [9.17, 15) is 9.50 Å². The highest BCUT2D eigenvalue weighted by molar-refractivity contribution is 7.80. The molecular formula is C7H6ClFN2OS. The van der Waals surface area contributed by atoms with Crippen LogP contribution < -0.4 is 11.1 Å². The van der Waals surface area contributed by atoms with Crippen molar-refractivity contribution in [2.45, 2.75) is 0 Å². The Hall–Kier alpha value is -1.07. The molecule has 0 unspecified atom stereocenters. The molecule has 1 aromatic rings. The van der Waals surface area contributed by atoms with Crippen molar-refractivity contribution >= 4 is 34.6 Å². The molecule has 6 heteroatoms. The fraction of sp³-hybridized carbons (Fsp3) is 0. The van der Waals surface area contributed by atoms with E-state index in [4.69, 9.17) is 17.3 Å². The molecule has 3 nitrogen and oxygen atoms in total. The number of phenols is 1. The molecule has 1 aromatic carbocycles. The molecule has 0 saturated heterocycles. The Morgan fingerprint density at radius 1 is 1.62 bits per heavy atom. The van der Waals surface area contributed by atoms with E-state index in [1.165, 1.54) is 6.07 Å². The minimum absolute atomic E-state index is 0.0297. The third kappa shape index (κ3) is 2.43. The number of thiocarbonyl (C=S) groups is 1. The number of hydrogen-bond donors (Lipinski definition) is 3. The third-order valence-electron chi connectivity index (χ3n) is 1.30. The van der Waals surface area contributed by atoms with Gasteiger partial charge in [0, 0.05) is 6.07 Å². The van der Waals surface area contributed by atoms with Crippen LogP contribution in [0.5, 0.6) is 5.75 Å². The van der Waals surface area contributed by atoms with Crippen LogP contribution in [-0.2, 0) is 0 Å². The van der Waals surface area contributed by atoms with Gasteiger partial charge in [-0.3, -0.25) is 0 Å². The van der Waals surface area contributed by atoms with E-state index in [-0.39, 0.29) is 21.6 Å². The summed E-state index contributed by atoms with van der Waals surface area (Å²) in [5.41, 5.74) is 5.33. The van der Waals surface area contributed by atoms with Gasteiger partial charge in [0.05, 0.1) is 10.7 Å². The van der Waals surface area contributed by atoms with Gasteiger partial charge < -0.3 is 16.2 Å². The Bertz CT molecular complexity index is 359. The molecule has 4 N–H and O–H groups in total. The number of rotatable bonds is 1. The average Bonchev–Trinajstić information content (AvgIpc) is 1.99. The Kier molecular flexibility index (Phi) is 2.90. The lowest BCUT2D eigenvalue weighted by molar-refractivity contribution is 0.472. The van der Waals surface area contributed by atoms with Crippen LogP contribution in [0.1, 0.15) is 0 Å². The molecule has 0 atom stereocenters. The van der Waals surface area contributed by atoms with Gasteiger partial charge >= 0.3 is 0 Å². The van der Waals surface area contributed by atoms with Crippen LogP contribution >= 0.6 is 23.8 Å². The smallest absolute Gasteiger partial charge is 0.168 e. The molecule has 0 aromatic heterocycles. The minimum atomic E-state index is -0.701.